The zero-order valence-electron chi connectivity index (χ0n) is 14.7. The highest BCUT2D eigenvalue weighted by molar-refractivity contribution is 6.04. The molecule has 2 aliphatic rings. The molecule has 0 spiro atoms. The number of aliphatic hydroxyl groups is 1. The normalized spacial score (nSPS) is 22.6. The van der Waals surface area contributed by atoms with E-state index in [1.54, 1.807) is 6.20 Å². The lowest BCUT2D eigenvalue weighted by Crippen LogP contribution is -2.42. The van der Waals surface area contributed by atoms with Crippen LogP contribution in [-0.2, 0) is 16.0 Å². The van der Waals surface area contributed by atoms with Gasteiger partial charge in [0.15, 0.2) is 0 Å². The number of nitrogens with zero attached hydrogens (tertiary/aromatic N) is 3. The number of aliphatic hydroxyl groups excluding tert-OH is 1. The number of aromatic nitrogens is 1. The Morgan fingerprint density at radius 2 is 2.04 bits per heavy atom. The van der Waals surface area contributed by atoms with Gasteiger partial charge in [-0.2, -0.15) is 0 Å². The lowest BCUT2D eigenvalue weighted by atomic mass is 9.94. The third-order valence-corrected chi connectivity index (χ3v) is 5.21. The van der Waals surface area contributed by atoms with Gasteiger partial charge in [0, 0.05) is 30.6 Å². The first-order valence-electron chi connectivity index (χ1n) is 8.89. The summed E-state index contributed by atoms with van der Waals surface area (Å²) in [6, 6.07) is 9.21. The van der Waals surface area contributed by atoms with E-state index in [9.17, 15) is 19.5 Å². The smallest absolute Gasteiger partial charge is 0.325 e. The Balaban J connectivity index is 1.44. The molecule has 2 aliphatic heterocycles. The first-order valence-corrected chi connectivity index (χ1v) is 8.89. The van der Waals surface area contributed by atoms with Crippen molar-refractivity contribution in [1.29, 1.82) is 0 Å². The van der Waals surface area contributed by atoms with E-state index < -0.39 is 18.0 Å². The molecule has 2 atom stereocenters. The summed E-state index contributed by atoms with van der Waals surface area (Å²) in [6.45, 7) is 0.227. The maximum absolute atomic E-state index is 12.5. The molecule has 2 N–H and O–H groups in total. The third kappa shape index (κ3) is 3.35. The van der Waals surface area contributed by atoms with Gasteiger partial charge in [0.1, 0.15) is 6.54 Å². The Labute approximate surface area is 155 Å². The van der Waals surface area contributed by atoms with E-state index in [4.69, 9.17) is 0 Å². The lowest BCUT2D eigenvalue weighted by molar-refractivity contribution is -0.136. The van der Waals surface area contributed by atoms with Gasteiger partial charge in [0.25, 0.3) is 5.91 Å². The molecule has 0 aliphatic carbocycles. The summed E-state index contributed by atoms with van der Waals surface area (Å²) in [5.74, 6) is -0.850. The standard InChI is InChI=1S/C19H20N4O4/c24-16-10-22(18(26)11-23-17(25)8-21-19(23)27)9-13(16)7-12-5-6-20-15-4-2-1-3-14(12)15/h1-6,13,16,24H,7-11H2,(H,21,27)/t13-,16+/m1/s1. The number of imide groups is 1. The minimum absolute atomic E-state index is 0.0769. The van der Waals surface area contributed by atoms with Crippen LogP contribution in [0.5, 0.6) is 0 Å². The number of benzene rings is 1. The fourth-order valence-electron chi connectivity index (χ4n) is 3.72. The average Bonchev–Trinajstić information content (AvgIpc) is 3.19. The molecule has 27 heavy (non-hydrogen) atoms. The molecule has 4 amide bonds. The number of nitrogens with one attached hydrogen (secondary N) is 1. The van der Waals surface area contributed by atoms with Crippen LogP contribution < -0.4 is 5.32 Å². The van der Waals surface area contributed by atoms with Crippen LogP contribution in [0.25, 0.3) is 10.9 Å². The van der Waals surface area contributed by atoms with Gasteiger partial charge in [-0.15, -0.1) is 0 Å². The molecule has 3 heterocycles. The Morgan fingerprint density at radius 3 is 2.81 bits per heavy atom. The van der Waals surface area contributed by atoms with Gasteiger partial charge < -0.3 is 15.3 Å². The number of urea groups is 1. The molecule has 0 bridgehead atoms. The van der Waals surface area contributed by atoms with E-state index in [0.717, 1.165) is 21.4 Å². The second-order valence-corrected chi connectivity index (χ2v) is 6.96. The predicted molar refractivity (Wildman–Crippen MR) is 96.6 cm³/mol. The monoisotopic (exact) mass is 368 g/mol. The van der Waals surface area contributed by atoms with Crippen molar-refractivity contribution in [2.75, 3.05) is 26.2 Å². The number of fused-ring (bicyclic) bond motifs is 1. The summed E-state index contributed by atoms with van der Waals surface area (Å²) in [5, 5.41) is 13.9. The maximum atomic E-state index is 12.5. The molecule has 0 saturated carbocycles. The van der Waals surface area contributed by atoms with Gasteiger partial charge in [-0.05, 0) is 24.1 Å². The van der Waals surface area contributed by atoms with Gasteiger partial charge in [0.2, 0.25) is 5.91 Å². The van der Waals surface area contributed by atoms with Gasteiger partial charge in [0.05, 0.1) is 18.2 Å². The number of amides is 4. The Morgan fingerprint density at radius 1 is 1.22 bits per heavy atom. The van der Waals surface area contributed by atoms with Crippen LogP contribution in [0.15, 0.2) is 36.5 Å². The third-order valence-electron chi connectivity index (χ3n) is 5.21. The van der Waals surface area contributed by atoms with Crippen LogP contribution in [0.1, 0.15) is 5.56 Å². The number of carbonyl (C=O) groups is 3. The van der Waals surface area contributed by atoms with Crippen molar-refractivity contribution in [3.05, 3.63) is 42.1 Å². The van der Waals surface area contributed by atoms with Crippen molar-refractivity contribution < 1.29 is 19.5 Å². The summed E-state index contributed by atoms with van der Waals surface area (Å²) in [7, 11) is 0. The highest BCUT2D eigenvalue weighted by atomic mass is 16.3. The molecule has 1 aromatic carbocycles. The largest absolute Gasteiger partial charge is 0.391 e. The molecule has 2 saturated heterocycles. The summed E-state index contributed by atoms with van der Waals surface area (Å²) in [6.07, 6.45) is 1.72. The number of rotatable bonds is 4. The molecule has 8 nitrogen and oxygen atoms in total. The van der Waals surface area contributed by atoms with Crippen molar-refractivity contribution in [2.24, 2.45) is 5.92 Å². The Bertz CT molecular complexity index is 894. The van der Waals surface area contributed by atoms with Crippen LogP contribution in [0.3, 0.4) is 0 Å². The number of para-hydroxylation sites is 1. The first kappa shape index (κ1) is 17.4. The number of hydrogen-bond donors (Lipinski definition) is 2. The summed E-state index contributed by atoms with van der Waals surface area (Å²) >= 11 is 0. The Kier molecular flexibility index (Phi) is 4.49. The van der Waals surface area contributed by atoms with Crippen molar-refractivity contribution >= 4 is 28.7 Å². The molecule has 0 unspecified atom stereocenters. The van der Waals surface area contributed by atoms with Crippen molar-refractivity contribution in [1.82, 2.24) is 20.1 Å². The molecule has 2 aromatic rings. The fourth-order valence-corrected chi connectivity index (χ4v) is 3.72. The zero-order valence-corrected chi connectivity index (χ0v) is 14.7. The zero-order chi connectivity index (χ0) is 19.0. The van der Waals surface area contributed by atoms with Crippen LogP contribution in [-0.4, -0.2) is 70.0 Å². The van der Waals surface area contributed by atoms with E-state index in [-0.39, 0.29) is 31.5 Å². The van der Waals surface area contributed by atoms with Crippen molar-refractivity contribution in [2.45, 2.75) is 12.5 Å². The number of hydrogen-bond acceptors (Lipinski definition) is 5. The SMILES string of the molecule is O=C(CN1C(=O)CNC1=O)N1C[C@@H](Cc2ccnc3ccccc23)[C@@H](O)C1. The van der Waals surface area contributed by atoms with E-state index >= 15 is 0 Å². The molecular weight excluding hydrogens is 348 g/mol. The first-order chi connectivity index (χ1) is 13.0. The van der Waals surface area contributed by atoms with Crippen LogP contribution in [0.4, 0.5) is 4.79 Å². The quantitative estimate of drug-likeness (QED) is 0.748. The van der Waals surface area contributed by atoms with Crippen LogP contribution in [0, 0.1) is 5.92 Å². The highest BCUT2D eigenvalue weighted by Gasteiger charge is 2.37. The van der Waals surface area contributed by atoms with Crippen molar-refractivity contribution in [3.63, 3.8) is 0 Å². The summed E-state index contributed by atoms with van der Waals surface area (Å²) in [4.78, 5) is 42.5. The topological polar surface area (TPSA) is 103 Å². The van der Waals surface area contributed by atoms with Crippen LogP contribution >= 0.6 is 0 Å². The number of likely N-dealkylation sites (tertiary alicyclic amines) is 1. The molecule has 0 radical (unpaired) electrons. The van der Waals surface area contributed by atoms with Gasteiger partial charge >= 0.3 is 6.03 Å². The second kappa shape index (κ2) is 6.96. The Hall–Kier alpha value is -3.00. The number of carbonyl (C=O) groups excluding carboxylic acids is 3. The molecular formula is C19H20N4O4. The van der Waals surface area contributed by atoms with Gasteiger partial charge in [-0.25, -0.2) is 4.79 Å². The predicted octanol–water partition coefficient (Wildman–Crippen LogP) is 0.148. The highest BCUT2D eigenvalue weighted by Crippen LogP contribution is 2.25. The molecule has 8 heteroatoms. The average molecular weight is 368 g/mol. The lowest BCUT2D eigenvalue weighted by Gasteiger charge is -2.19. The minimum Gasteiger partial charge on any atom is -0.391 e. The number of β-amino-alcohol motifs (C(OH)–C–C–N with tert-alkyl or cyclic N) is 1. The second-order valence-electron chi connectivity index (χ2n) is 6.96. The summed E-state index contributed by atoms with van der Waals surface area (Å²) < 4.78 is 0. The molecule has 140 valence electrons. The molecule has 1 aromatic heterocycles. The van der Waals surface area contributed by atoms with E-state index in [1.165, 1.54) is 4.90 Å². The minimum atomic E-state index is -0.649. The molecule has 2 fully saturated rings. The molecule has 4 rings (SSSR count). The number of pyridine rings is 1. The van der Waals surface area contributed by atoms with E-state index in [0.29, 0.717) is 13.0 Å². The van der Waals surface area contributed by atoms with Crippen molar-refractivity contribution in [3.8, 4) is 0 Å². The van der Waals surface area contributed by atoms with E-state index in [2.05, 4.69) is 10.3 Å². The fraction of sp³-hybridized carbons (Fsp3) is 0.368. The maximum Gasteiger partial charge on any atom is 0.325 e. The van der Waals surface area contributed by atoms with Gasteiger partial charge in [-0.1, -0.05) is 18.2 Å². The van der Waals surface area contributed by atoms with Crippen LogP contribution in [0.2, 0.25) is 0 Å². The summed E-state index contributed by atoms with van der Waals surface area (Å²) in [5.41, 5.74) is 1.97. The van der Waals surface area contributed by atoms with Gasteiger partial charge in [-0.3, -0.25) is 19.5 Å². The van der Waals surface area contributed by atoms with E-state index in [1.807, 2.05) is 30.3 Å².